The number of aliphatic hydroxyl groups excluding tert-OH is 1. The fraction of sp³-hybridized carbons (Fsp3) is 1.00. The predicted octanol–water partition coefficient (Wildman–Crippen LogP) is 4.84. The largest absolute Gasteiger partial charge is 0.394 e. The molecule has 0 aromatic carbocycles. The van der Waals surface area contributed by atoms with E-state index in [1.165, 1.54) is 77.0 Å². The summed E-state index contributed by atoms with van der Waals surface area (Å²) < 4.78 is 5.32. The Balaban J connectivity index is 1.65. The van der Waals surface area contributed by atoms with Crippen molar-refractivity contribution in [1.29, 1.82) is 0 Å². The van der Waals surface area contributed by atoms with Crippen molar-refractivity contribution in [1.82, 2.24) is 0 Å². The first-order valence-corrected chi connectivity index (χ1v) is 8.64. The average Bonchev–Trinajstić information content (AvgIpc) is 3.19. The van der Waals surface area contributed by atoms with E-state index in [1.54, 1.807) is 0 Å². The van der Waals surface area contributed by atoms with Crippen molar-refractivity contribution < 1.29 is 9.84 Å². The normalized spacial score (nSPS) is 21.8. The quantitative estimate of drug-likeness (QED) is 0.362. The van der Waals surface area contributed by atoms with E-state index in [2.05, 4.69) is 6.92 Å². The zero-order chi connectivity index (χ0) is 13.8. The van der Waals surface area contributed by atoms with E-state index in [-0.39, 0.29) is 12.7 Å². The van der Waals surface area contributed by atoms with Crippen molar-refractivity contribution in [3.63, 3.8) is 0 Å². The summed E-state index contributed by atoms with van der Waals surface area (Å²) in [5, 5.41) is 8.84. The van der Waals surface area contributed by atoms with Crippen molar-refractivity contribution in [2.45, 2.75) is 103 Å². The van der Waals surface area contributed by atoms with Crippen LogP contribution in [0.3, 0.4) is 0 Å². The molecule has 0 spiro atoms. The molecule has 1 rings (SSSR count). The third kappa shape index (κ3) is 9.45. The van der Waals surface area contributed by atoms with Gasteiger partial charge in [-0.15, -0.1) is 0 Å². The van der Waals surface area contributed by atoms with E-state index in [9.17, 15) is 0 Å². The molecule has 2 nitrogen and oxygen atoms in total. The highest BCUT2D eigenvalue weighted by Gasteiger charge is 2.36. The first-order valence-electron chi connectivity index (χ1n) is 8.64. The van der Waals surface area contributed by atoms with E-state index in [0.717, 1.165) is 6.42 Å². The number of unbranched alkanes of at least 4 members (excludes halogenated alkanes) is 11. The lowest BCUT2D eigenvalue weighted by atomic mass is 10.0. The molecular formula is C17H34O2. The van der Waals surface area contributed by atoms with Gasteiger partial charge in [-0.05, 0) is 6.42 Å². The fourth-order valence-electron chi connectivity index (χ4n) is 2.78. The number of hydrogen-bond donors (Lipinski definition) is 1. The molecule has 0 radical (unpaired) electrons. The second-order valence-corrected chi connectivity index (χ2v) is 6.07. The summed E-state index contributed by atoms with van der Waals surface area (Å²) in [4.78, 5) is 0. The summed E-state index contributed by atoms with van der Waals surface area (Å²) in [6, 6.07) is 0. The summed E-state index contributed by atoms with van der Waals surface area (Å²) in [7, 11) is 0. The summed E-state index contributed by atoms with van der Waals surface area (Å²) in [6.07, 6.45) is 18.5. The van der Waals surface area contributed by atoms with Crippen LogP contribution in [0.5, 0.6) is 0 Å². The number of ether oxygens (including phenoxy) is 1. The third-order valence-electron chi connectivity index (χ3n) is 4.21. The number of aliphatic hydroxyl groups is 1. The first-order chi connectivity index (χ1) is 9.38. The molecule has 1 heterocycles. The standard InChI is InChI=1S/C17H34O2/c1-2-3-4-5-6-7-8-9-10-11-12-13-14-16-17(15-18)19-16/h16-18H,2-15H2,1H3/t16-,17-/m1/s1. The van der Waals surface area contributed by atoms with Gasteiger partial charge in [0.05, 0.1) is 12.7 Å². The molecule has 2 atom stereocenters. The minimum absolute atomic E-state index is 0.174. The molecule has 0 amide bonds. The summed E-state index contributed by atoms with van der Waals surface area (Å²) in [6.45, 7) is 2.49. The minimum atomic E-state index is 0.174. The highest BCUT2D eigenvalue weighted by Crippen LogP contribution is 2.26. The summed E-state index contributed by atoms with van der Waals surface area (Å²) in [5.74, 6) is 0. The van der Waals surface area contributed by atoms with Crippen molar-refractivity contribution >= 4 is 0 Å². The second-order valence-electron chi connectivity index (χ2n) is 6.07. The maximum atomic E-state index is 8.84. The molecule has 0 unspecified atom stereocenters. The molecule has 0 aromatic heterocycles. The molecule has 1 aliphatic rings. The molecule has 1 fully saturated rings. The van der Waals surface area contributed by atoms with Crippen LogP contribution in [0, 0.1) is 0 Å². The van der Waals surface area contributed by atoms with Gasteiger partial charge in [-0.1, -0.05) is 84.0 Å². The highest BCUT2D eigenvalue weighted by atomic mass is 16.6. The lowest BCUT2D eigenvalue weighted by Crippen LogP contribution is -1.98. The summed E-state index contributed by atoms with van der Waals surface area (Å²) in [5.41, 5.74) is 0. The molecule has 0 aromatic rings. The Kier molecular flexibility index (Phi) is 10.5. The Hall–Kier alpha value is -0.0800. The van der Waals surface area contributed by atoms with Crippen LogP contribution in [-0.4, -0.2) is 23.9 Å². The van der Waals surface area contributed by atoms with Gasteiger partial charge in [-0.3, -0.25) is 0 Å². The lowest BCUT2D eigenvalue weighted by molar-refractivity contribution is 0.241. The molecule has 1 aliphatic heterocycles. The molecule has 1 saturated heterocycles. The SMILES string of the molecule is CCCCCCCCCCCCCC[C@H]1O[C@@H]1CO. The maximum absolute atomic E-state index is 8.84. The van der Waals surface area contributed by atoms with Crippen molar-refractivity contribution in [3.8, 4) is 0 Å². The first kappa shape index (κ1) is 17.0. The van der Waals surface area contributed by atoms with Gasteiger partial charge in [0.15, 0.2) is 0 Å². The van der Waals surface area contributed by atoms with Crippen LogP contribution in [0.25, 0.3) is 0 Å². The molecule has 1 N–H and O–H groups in total. The molecule has 114 valence electrons. The second kappa shape index (κ2) is 11.7. The number of rotatable bonds is 14. The Bertz CT molecular complexity index is 194. The van der Waals surface area contributed by atoms with Gasteiger partial charge in [0, 0.05) is 0 Å². The summed E-state index contributed by atoms with van der Waals surface area (Å²) >= 11 is 0. The smallest absolute Gasteiger partial charge is 0.107 e. The van der Waals surface area contributed by atoms with Crippen LogP contribution in [0.4, 0.5) is 0 Å². The Labute approximate surface area is 119 Å². The lowest BCUT2D eigenvalue weighted by Gasteiger charge is -2.02. The monoisotopic (exact) mass is 270 g/mol. The third-order valence-corrected chi connectivity index (χ3v) is 4.21. The Morgan fingerprint density at radius 2 is 1.16 bits per heavy atom. The zero-order valence-electron chi connectivity index (χ0n) is 12.9. The van der Waals surface area contributed by atoms with Crippen LogP contribution in [-0.2, 0) is 4.74 Å². The highest BCUT2D eigenvalue weighted by molar-refractivity contribution is 4.83. The van der Waals surface area contributed by atoms with Crippen LogP contribution >= 0.6 is 0 Å². The zero-order valence-corrected chi connectivity index (χ0v) is 12.9. The van der Waals surface area contributed by atoms with Crippen molar-refractivity contribution in [2.24, 2.45) is 0 Å². The van der Waals surface area contributed by atoms with E-state index in [1.807, 2.05) is 0 Å². The molecule has 0 saturated carbocycles. The van der Waals surface area contributed by atoms with Gasteiger partial charge in [-0.2, -0.15) is 0 Å². The topological polar surface area (TPSA) is 32.8 Å². The maximum Gasteiger partial charge on any atom is 0.107 e. The molecule has 0 aliphatic carbocycles. The molecule has 2 heteroatoms. The van der Waals surface area contributed by atoms with Crippen LogP contribution < -0.4 is 0 Å². The average molecular weight is 270 g/mol. The van der Waals surface area contributed by atoms with Crippen LogP contribution in [0.2, 0.25) is 0 Å². The molecular weight excluding hydrogens is 236 g/mol. The minimum Gasteiger partial charge on any atom is -0.394 e. The van der Waals surface area contributed by atoms with E-state index in [4.69, 9.17) is 9.84 Å². The van der Waals surface area contributed by atoms with Gasteiger partial charge in [0.1, 0.15) is 6.10 Å². The van der Waals surface area contributed by atoms with Gasteiger partial charge in [0.25, 0.3) is 0 Å². The van der Waals surface area contributed by atoms with E-state index >= 15 is 0 Å². The van der Waals surface area contributed by atoms with Crippen LogP contribution in [0.1, 0.15) is 90.4 Å². The van der Waals surface area contributed by atoms with Crippen LogP contribution in [0.15, 0.2) is 0 Å². The molecule has 19 heavy (non-hydrogen) atoms. The van der Waals surface area contributed by atoms with E-state index < -0.39 is 0 Å². The van der Waals surface area contributed by atoms with Gasteiger partial charge in [0.2, 0.25) is 0 Å². The number of epoxide rings is 1. The fourth-order valence-corrected chi connectivity index (χ4v) is 2.78. The van der Waals surface area contributed by atoms with Gasteiger partial charge in [-0.25, -0.2) is 0 Å². The molecule has 0 bridgehead atoms. The Morgan fingerprint density at radius 3 is 1.58 bits per heavy atom. The van der Waals surface area contributed by atoms with Gasteiger partial charge >= 0.3 is 0 Å². The van der Waals surface area contributed by atoms with Crippen molar-refractivity contribution in [2.75, 3.05) is 6.61 Å². The predicted molar refractivity (Wildman–Crippen MR) is 81.4 cm³/mol. The van der Waals surface area contributed by atoms with Gasteiger partial charge < -0.3 is 9.84 Å². The van der Waals surface area contributed by atoms with Crippen molar-refractivity contribution in [3.05, 3.63) is 0 Å². The Morgan fingerprint density at radius 1 is 0.684 bits per heavy atom. The number of hydrogen-bond acceptors (Lipinski definition) is 2. The van der Waals surface area contributed by atoms with E-state index in [0.29, 0.717) is 6.10 Å².